The second-order valence-electron chi connectivity index (χ2n) is 6.77. The summed E-state index contributed by atoms with van der Waals surface area (Å²) in [5.41, 5.74) is 2.51. The number of hydrogen-bond donors (Lipinski definition) is 2. The van der Waals surface area contributed by atoms with Gasteiger partial charge in [0.1, 0.15) is 0 Å². The summed E-state index contributed by atoms with van der Waals surface area (Å²) >= 11 is 0. The molecule has 5 nitrogen and oxygen atoms in total. The molecule has 1 fully saturated rings. The van der Waals surface area contributed by atoms with E-state index in [4.69, 9.17) is 5.11 Å². The molecule has 1 atom stereocenters. The number of nitrogens with one attached hydrogen (secondary N) is 1. The van der Waals surface area contributed by atoms with Crippen LogP contribution in [0.4, 0.5) is 5.69 Å². The van der Waals surface area contributed by atoms with Gasteiger partial charge in [-0.2, -0.15) is 0 Å². The highest BCUT2D eigenvalue weighted by Gasteiger charge is 2.27. The van der Waals surface area contributed by atoms with E-state index < -0.39 is 5.97 Å². The van der Waals surface area contributed by atoms with Crippen LogP contribution in [-0.4, -0.2) is 35.0 Å². The number of nitrogens with zero attached hydrogens (tertiary/aromatic N) is 1. The van der Waals surface area contributed by atoms with Gasteiger partial charge in [-0.25, -0.2) is 0 Å². The van der Waals surface area contributed by atoms with E-state index in [1.54, 1.807) is 12.1 Å². The number of rotatable bonds is 5. The number of carbonyl (C=O) groups excluding carboxylic acids is 1. The Morgan fingerprint density at radius 2 is 1.77 bits per heavy atom. The number of carboxylic acids is 1. The molecule has 1 aliphatic rings. The zero-order valence-electron chi connectivity index (χ0n) is 14.9. The van der Waals surface area contributed by atoms with Crippen LogP contribution in [0.25, 0.3) is 0 Å². The largest absolute Gasteiger partial charge is 0.481 e. The van der Waals surface area contributed by atoms with Gasteiger partial charge in [-0.15, -0.1) is 0 Å². The molecule has 2 aromatic carbocycles. The summed E-state index contributed by atoms with van der Waals surface area (Å²) in [5.74, 6) is -1.05. The van der Waals surface area contributed by atoms with Crippen LogP contribution < -0.4 is 5.32 Å². The summed E-state index contributed by atoms with van der Waals surface area (Å²) in [6.45, 7) is 3.68. The summed E-state index contributed by atoms with van der Waals surface area (Å²) in [6, 6.07) is 17.2. The Morgan fingerprint density at radius 3 is 2.42 bits per heavy atom. The van der Waals surface area contributed by atoms with Crippen molar-refractivity contribution in [3.63, 3.8) is 0 Å². The SMILES string of the molecule is CC(c1cccc(NC(=O)c2ccccc2)c1)N1CCC(C(=O)O)CC1. The first-order valence-corrected chi connectivity index (χ1v) is 8.98. The molecule has 3 rings (SSSR count). The number of likely N-dealkylation sites (tertiary alicyclic amines) is 1. The molecule has 0 spiro atoms. The number of carboxylic acid groups (broad SMARTS) is 1. The van der Waals surface area contributed by atoms with Crippen LogP contribution in [0.1, 0.15) is 41.7 Å². The molecule has 0 aromatic heterocycles. The zero-order chi connectivity index (χ0) is 18.5. The average Bonchev–Trinajstić information content (AvgIpc) is 2.68. The molecule has 1 heterocycles. The second kappa shape index (κ2) is 8.15. The summed E-state index contributed by atoms with van der Waals surface area (Å²) < 4.78 is 0. The molecule has 1 saturated heterocycles. The minimum absolute atomic E-state index is 0.127. The standard InChI is InChI=1S/C21H24N2O3/c1-15(23-12-10-17(11-13-23)21(25)26)18-8-5-9-19(14-18)22-20(24)16-6-3-2-4-7-16/h2-9,14-15,17H,10-13H2,1H3,(H,22,24)(H,25,26). The monoisotopic (exact) mass is 352 g/mol. The summed E-state index contributed by atoms with van der Waals surface area (Å²) in [7, 11) is 0. The summed E-state index contributed by atoms with van der Waals surface area (Å²) in [4.78, 5) is 25.7. The van der Waals surface area contributed by atoms with Gasteiger partial charge in [-0.3, -0.25) is 14.5 Å². The minimum Gasteiger partial charge on any atom is -0.481 e. The van der Waals surface area contributed by atoms with E-state index in [9.17, 15) is 9.59 Å². The van der Waals surface area contributed by atoms with Crippen LogP contribution in [0.2, 0.25) is 0 Å². The molecule has 0 aliphatic carbocycles. The van der Waals surface area contributed by atoms with Crippen molar-refractivity contribution in [2.75, 3.05) is 18.4 Å². The number of anilines is 1. The topological polar surface area (TPSA) is 69.6 Å². The molecule has 5 heteroatoms. The van der Waals surface area contributed by atoms with E-state index in [0.29, 0.717) is 18.4 Å². The molecule has 1 aliphatic heterocycles. The van der Waals surface area contributed by atoms with E-state index in [1.165, 1.54) is 0 Å². The smallest absolute Gasteiger partial charge is 0.306 e. The van der Waals surface area contributed by atoms with Gasteiger partial charge in [0.25, 0.3) is 5.91 Å². The first kappa shape index (κ1) is 18.1. The van der Waals surface area contributed by atoms with E-state index in [1.807, 2.05) is 42.5 Å². The number of benzene rings is 2. The Kier molecular flexibility index (Phi) is 5.68. The molecule has 136 valence electrons. The maximum atomic E-state index is 12.3. The molecule has 0 saturated carbocycles. The Labute approximate surface area is 153 Å². The molecular weight excluding hydrogens is 328 g/mol. The van der Waals surface area contributed by atoms with Crippen molar-refractivity contribution in [2.24, 2.45) is 5.92 Å². The van der Waals surface area contributed by atoms with Crippen LogP contribution in [0.3, 0.4) is 0 Å². The third-order valence-corrected chi connectivity index (χ3v) is 5.09. The molecule has 1 amide bonds. The van der Waals surface area contributed by atoms with E-state index in [0.717, 1.165) is 24.3 Å². The normalized spacial score (nSPS) is 16.8. The first-order chi connectivity index (χ1) is 12.5. The summed E-state index contributed by atoms with van der Waals surface area (Å²) in [5, 5.41) is 12.1. The number of aliphatic carboxylic acids is 1. The van der Waals surface area contributed by atoms with Crippen molar-refractivity contribution in [2.45, 2.75) is 25.8 Å². The fourth-order valence-electron chi connectivity index (χ4n) is 3.41. The average molecular weight is 352 g/mol. The van der Waals surface area contributed by atoms with E-state index >= 15 is 0 Å². The molecule has 0 radical (unpaired) electrons. The van der Waals surface area contributed by atoms with Crippen LogP contribution in [0.5, 0.6) is 0 Å². The van der Waals surface area contributed by atoms with Gasteiger partial charge in [-0.1, -0.05) is 30.3 Å². The van der Waals surface area contributed by atoms with Crippen molar-refractivity contribution >= 4 is 17.6 Å². The van der Waals surface area contributed by atoms with Crippen molar-refractivity contribution in [1.29, 1.82) is 0 Å². The van der Waals surface area contributed by atoms with Gasteiger partial charge in [0.15, 0.2) is 0 Å². The van der Waals surface area contributed by atoms with Crippen molar-refractivity contribution in [1.82, 2.24) is 4.90 Å². The second-order valence-corrected chi connectivity index (χ2v) is 6.77. The van der Waals surface area contributed by atoms with Gasteiger partial charge < -0.3 is 10.4 Å². The Balaban J connectivity index is 1.65. The van der Waals surface area contributed by atoms with Crippen LogP contribution in [0.15, 0.2) is 54.6 Å². The van der Waals surface area contributed by atoms with Crippen LogP contribution >= 0.6 is 0 Å². The number of amides is 1. The molecular formula is C21H24N2O3. The van der Waals surface area contributed by atoms with Gasteiger partial charge in [0, 0.05) is 17.3 Å². The quantitative estimate of drug-likeness (QED) is 0.859. The van der Waals surface area contributed by atoms with Crippen LogP contribution in [0, 0.1) is 5.92 Å². The first-order valence-electron chi connectivity index (χ1n) is 8.98. The Hall–Kier alpha value is -2.66. The lowest BCUT2D eigenvalue weighted by Gasteiger charge is -2.35. The van der Waals surface area contributed by atoms with Crippen molar-refractivity contribution in [3.8, 4) is 0 Å². The number of carbonyl (C=O) groups is 2. The highest BCUT2D eigenvalue weighted by Crippen LogP contribution is 2.28. The van der Waals surface area contributed by atoms with Crippen molar-refractivity contribution in [3.05, 3.63) is 65.7 Å². The van der Waals surface area contributed by atoms with Gasteiger partial charge in [0.2, 0.25) is 0 Å². The lowest BCUT2D eigenvalue weighted by molar-refractivity contribution is -0.143. The third-order valence-electron chi connectivity index (χ3n) is 5.09. The molecule has 2 N–H and O–H groups in total. The number of hydrogen-bond acceptors (Lipinski definition) is 3. The fraction of sp³-hybridized carbons (Fsp3) is 0.333. The van der Waals surface area contributed by atoms with E-state index in [2.05, 4.69) is 17.1 Å². The fourth-order valence-corrected chi connectivity index (χ4v) is 3.41. The highest BCUT2D eigenvalue weighted by atomic mass is 16.4. The Morgan fingerprint density at radius 1 is 1.08 bits per heavy atom. The maximum Gasteiger partial charge on any atom is 0.306 e. The lowest BCUT2D eigenvalue weighted by Crippen LogP contribution is -2.37. The Bertz CT molecular complexity index is 768. The van der Waals surface area contributed by atoms with Crippen LogP contribution in [-0.2, 0) is 4.79 Å². The zero-order valence-corrected chi connectivity index (χ0v) is 14.9. The van der Waals surface area contributed by atoms with E-state index in [-0.39, 0.29) is 17.9 Å². The van der Waals surface area contributed by atoms with Gasteiger partial charge in [-0.05, 0) is 62.7 Å². The molecule has 1 unspecified atom stereocenters. The molecule has 0 bridgehead atoms. The van der Waals surface area contributed by atoms with Gasteiger partial charge >= 0.3 is 5.97 Å². The predicted octanol–water partition coefficient (Wildman–Crippen LogP) is 3.80. The third kappa shape index (κ3) is 4.29. The predicted molar refractivity (Wildman–Crippen MR) is 101 cm³/mol. The summed E-state index contributed by atoms with van der Waals surface area (Å²) in [6.07, 6.45) is 1.37. The van der Waals surface area contributed by atoms with Crippen molar-refractivity contribution < 1.29 is 14.7 Å². The van der Waals surface area contributed by atoms with Gasteiger partial charge in [0.05, 0.1) is 5.92 Å². The lowest BCUT2D eigenvalue weighted by atomic mass is 9.94. The molecule has 2 aromatic rings. The minimum atomic E-state index is -0.692. The highest BCUT2D eigenvalue weighted by molar-refractivity contribution is 6.04. The molecule has 26 heavy (non-hydrogen) atoms. The maximum absolute atomic E-state index is 12.3. The number of piperidine rings is 1.